The number of nitrogens with zero attached hydrogens (tertiary/aromatic N) is 2. The fourth-order valence-electron chi connectivity index (χ4n) is 3.32. The third kappa shape index (κ3) is 2.31. The summed E-state index contributed by atoms with van der Waals surface area (Å²) in [7, 11) is 0. The predicted octanol–water partition coefficient (Wildman–Crippen LogP) is 0.966. The van der Waals surface area contributed by atoms with Gasteiger partial charge in [-0.05, 0) is 19.1 Å². The van der Waals surface area contributed by atoms with Crippen molar-refractivity contribution in [1.29, 1.82) is 0 Å². The second-order valence-corrected chi connectivity index (χ2v) is 5.93. The molecule has 3 rings (SSSR count). The number of ether oxygens (including phenoxy) is 1. The van der Waals surface area contributed by atoms with E-state index in [-0.39, 0.29) is 5.92 Å². The van der Waals surface area contributed by atoms with Crippen LogP contribution in [0.2, 0.25) is 0 Å². The van der Waals surface area contributed by atoms with Crippen LogP contribution >= 0.6 is 0 Å². The zero-order chi connectivity index (χ0) is 14.2. The molecule has 2 fully saturated rings. The van der Waals surface area contributed by atoms with E-state index in [2.05, 4.69) is 9.88 Å². The Balaban J connectivity index is 1.62. The van der Waals surface area contributed by atoms with Crippen LogP contribution in [0.3, 0.4) is 0 Å². The Hall–Kier alpha value is -1.46. The number of rotatable bonds is 4. The molecule has 0 spiro atoms. The fraction of sp³-hybridized carbons (Fsp3) is 0.600. The van der Waals surface area contributed by atoms with Crippen LogP contribution in [0.5, 0.6) is 0 Å². The number of hydrogen-bond acceptors (Lipinski definition) is 4. The molecule has 2 atom stereocenters. The normalized spacial score (nSPS) is 29.6. The number of pyridine rings is 1. The first-order valence-corrected chi connectivity index (χ1v) is 7.06. The summed E-state index contributed by atoms with van der Waals surface area (Å²) in [5, 5.41) is 9.49. The Bertz CT molecular complexity index is 520. The minimum Gasteiger partial charge on any atom is -0.481 e. The summed E-state index contributed by atoms with van der Waals surface area (Å²) in [6, 6.07) is 6.03. The van der Waals surface area contributed by atoms with Crippen LogP contribution in [0.15, 0.2) is 18.2 Å². The second-order valence-electron chi connectivity index (χ2n) is 5.93. The van der Waals surface area contributed by atoms with Crippen molar-refractivity contribution in [1.82, 2.24) is 9.88 Å². The van der Waals surface area contributed by atoms with Crippen molar-refractivity contribution in [3.05, 3.63) is 29.6 Å². The van der Waals surface area contributed by atoms with Crippen molar-refractivity contribution in [2.24, 2.45) is 11.3 Å². The van der Waals surface area contributed by atoms with Gasteiger partial charge in [0.15, 0.2) is 0 Å². The van der Waals surface area contributed by atoms with Crippen LogP contribution in [-0.2, 0) is 16.0 Å². The van der Waals surface area contributed by atoms with Crippen LogP contribution in [-0.4, -0.2) is 53.8 Å². The molecule has 108 valence electrons. The molecule has 1 N–H and O–H groups in total. The lowest BCUT2D eigenvalue weighted by Gasteiger charge is -2.21. The fourth-order valence-corrected chi connectivity index (χ4v) is 3.32. The number of aromatic nitrogens is 1. The minimum atomic E-state index is -0.712. The number of aryl methyl sites for hydroxylation is 1. The highest BCUT2D eigenvalue weighted by Gasteiger charge is 2.55. The molecule has 1 aromatic rings. The lowest BCUT2D eigenvalue weighted by Crippen LogP contribution is -2.39. The molecule has 2 aliphatic heterocycles. The SMILES string of the molecule is Cc1cccc(CCN2C[C@@H]3COC[C@]3(C(=O)O)C2)n1. The number of likely N-dealkylation sites (tertiary alicyclic amines) is 1. The largest absolute Gasteiger partial charge is 0.481 e. The summed E-state index contributed by atoms with van der Waals surface area (Å²) < 4.78 is 5.38. The average molecular weight is 276 g/mol. The van der Waals surface area contributed by atoms with Crippen molar-refractivity contribution in [2.75, 3.05) is 32.8 Å². The molecule has 2 saturated heterocycles. The highest BCUT2D eigenvalue weighted by Crippen LogP contribution is 2.41. The minimum absolute atomic E-state index is 0.130. The van der Waals surface area contributed by atoms with E-state index in [0.717, 1.165) is 30.9 Å². The first kappa shape index (κ1) is 13.5. The molecule has 0 saturated carbocycles. The maximum atomic E-state index is 11.6. The summed E-state index contributed by atoms with van der Waals surface area (Å²) in [6.07, 6.45) is 0.866. The average Bonchev–Trinajstić information content (AvgIpc) is 2.93. The van der Waals surface area contributed by atoms with E-state index >= 15 is 0 Å². The highest BCUT2D eigenvalue weighted by atomic mass is 16.5. The van der Waals surface area contributed by atoms with Crippen LogP contribution < -0.4 is 0 Å². The summed E-state index contributed by atoms with van der Waals surface area (Å²) >= 11 is 0. The van der Waals surface area contributed by atoms with Crippen molar-refractivity contribution < 1.29 is 14.6 Å². The summed E-state index contributed by atoms with van der Waals surface area (Å²) in [4.78, 5) is 18.3. The van der Waals surface area contributed by atoms with Gasteiger partial charge in [-0.1, -0.05) is 6.07 Å². The number of fused-ring (bicyclic) bond motifs is 1. The molecule has 0 bridgehead atoms. The lowest BCUT2D eigenvalue weighted by atomic mass is 9.81. The molecule has 5 heteroatoms. The predicted molar refractivity (Wildman–Crippen MR) is 73.5 cm³/mol. The molecular weight excluding hydrogens is 256 g/mol. The van der Waals surface area contributed by atoms with Crippen LogP contribution in [0.4, 0.5) is 0 Å². The number of aliphatic carboxylic acids is 1. The quantitative estimate of drug-likeness (QED) is 0.887. The van der Waals surface area contributed by atoms with Crippen molar-refractivity contribution >= 4 is 5.97 Å². The monoisotopic (exact) mass is 276 g/mol. The summed E-state index contributed by atoms with van der Waals surface area (Å²) in [5.41, 5.74) is 1.42. The van der Waals surface area contributed by atoms with Crippen LogP contribution in [0.1, 0.15) is 11.4 Å². The Morgan fingerprint density at radius 1 is 1.60 bits per heavy atom. The molecule has 2 aliphatic rings. The summed E-state index contributed by atoms with van der Waals surface area (Å²) in [6.45, 7) is 5.19. The van der Waals surface area contributed by atoms with Gasteiger partial charge in [-0.3, -0.25) is 9.78 Å². The molecule has 0 amide bonds. The van der Waals surface area contributed by atoms with Gasteiger partial charge >= 0.3 is 5.97 Å². The lowest BCUT2D eigenvalue weighted by molar-refractivity contribution is -0.149. The van der Waals surface area contributed by atoms with E-state index in [1.54, 1.807) is 0 Å². The smallest absolute Gasteiger partial charge is 0.313 e. The van der Waals surface area contributed by atoms with E-state index in [1.165, 1.54) is 0 Å². The molecule has 1 aromatic heterocycles. The van der Waals surface area contributed by atoms with E-state index < -0.39 is 11.4 Å². The van der Waals surface area contributed by atoms with Gasteiger partial charge in [0.2, 0.25) is 0 Å². The van der Waals surface area contributed by atoms with Gasteiger partial charge in [-0.2, -0.15) is 0 Å². The standard InChI is InChI=1S/C15H20N2O3/c1-11-3-2-4-13(16-11)5-6-17-7-12-8-20-10-15(12,9-17)14(18)19/h2-4,12H,5-10H2,1H3,(H,18,19)/t12-,15-/m1/s1. The second kappa shape index (κ2) is 5.14. The van der Waals surface area contributed by atoms with Gasteiger partial charge in [0.1, 0.15) is 5.41 Å². The Kier molecular flexibility index (Phi) is 3.48. The van der Waals surface area contributed by atoms with Gasteiger partial charge in [-0.15, -0.1) is 0 Å². The topological polar surface area (TPSA) is 62.7 Å². The number of carboxylic acid groups (broad SMARTS) is 1. The van der Waals surface area contributed by atoms with Crippen LogP contribution in [0, 0.1) is 18.3 Å². The number of carboxylic acids is 1. The third-order valence-electron chi connectivity index (χ3n) is 4.50. The van der Waals surface area contributed by atoms with E-state index in [9.17, 15) is 9.90 Å². The molecule has 3 heterocycles. The van der Waals surface area contributed by atoms with Crippen LogP contribution in [0.25, 0.3) is 0 Å². The Morgan fingerprint density at radius 2 is 2.45 bits per heavy atom. The maximum Gasteiger partial charge on any atom is 0.313 e. The first-order valence-electron chi connectivity index (χ1n) is 7.06. The Labute approximate surface area is 118 Å². The highest BCUT2D eigenvalue weighted by molar-refractivity contribution is 5.76. The maximum absolute atomic E-state index is 11.6. The molecule has 0 aromatic carbocycles. The van der Waals surface area contributed by atoms with Gasteiger partial charge in [0.25, 0.3) is 0 Å². The van der Waals surface area contributed by atoms with E-state index in [1.807, 2.05) is 25.1 Å². The Morgan fingerprint density at radius 3 is 3.15 bits per heavy atom. The van der Waals surface area contributed by atoms with Crippen molar-refractivity contribution in [3.8, 4) is 0 Å². The van der Waals surface area contributed by atoms with Crippen molar-refractivity contribution in [2.45, 2.75) is 13.3 Å². The zero-order valence-electron chi connectivity index (χ0n) is 11.7. The van der Waals surface area contributed by atoms with Crippen molar-refractivity contribution in [3.63, 3.8) is 0 Å². The van der Waals surface area contributed by atoms with Gasteiger partial charge in [0, 0.05) is 43.4 Å². The molecule has 0 aliphatic carbocycles. The zero-order valence-corrected chi connectivity index (χ0v) is 11.7. The third-order valence-corrected chi connectivity index (χ3v) is 4.50. The van der Waals surface area contributed by atoms with E-state index in [4.69, 9.17) is 4.74 Å². The first-order chi connectivity index (χ1) is 9.60. The molecule has 0 unspecified atom stereocenters. The molecule has 5 nitrogen and oxygen atoms in total. The molecule has 20 heavy (non-hydrogen) atoms. The van der Waals surface area contributed by atoms with Gasteiger partial charge < -0.3 is 14.7 Å². The van der Waals surface area contributed by atoms with Gasteiger partial charge in [-0.25, -0.2) is 0 Å². The van der Waals surface area contributed by atoms with Gasteiger partial charge in [0.05, 0.1) is 13.2 Å². The number of hydrogen-bond donors (Lipinski definition) is 1. The summed E-state index contributed by atoms with van der Waals surface area (Å²) in [5.74, 6) is -0.582. The van der Waals surface area contributed by atoms with E-state index in [0.29, 0.717) is 19.8 Å². The number of carbonyl (C=O) groups is 1. The molecule has 0 radical (unpaired) electrons. The molecular formula is C15H20N2O3.